The molecule has 1 aromatic heterocycles. The molecule has 0 fully saturated rings. The molecule has 0 unspecified atom stereocenters. The molecule has 1 atom stereocenters. The second-order valence-corrected chi connectivity index (χ2v) is 10.1. The van der Waals surface area contributed by atoms with Crippen molar-refractivity contribution < 1.29 is 23.1 Å². The van der Waals surface area contributed by atoms with Crippen molar-refractivity contribution in [1.29, 1.82) is 0 Å². The van der Waals surface area contributed by atoms with Crippen LogP contribution >= 0.6 is 0 Å². The Labute approximate surface area is 193 Å². The first kappa shape index (κ1) is 22.8. The molecule has 172 valence electrons. The van der Waals surface area contributed by atoms with Crippen LogP contribution in [0.15, 0.2) is 65.6 Å². The lowest BCUT2D eigenvalue weighted by atomic mass is 10.1. The zero-order valence-corrected chi connectivity index (χ0v) is 19.4. The molecule has 0 saturated carbocycles. The van der Waals surface area contributed by atoms with E-state index < -0.39 is 22.1 Å². The lowest BCUT2D eigenvalue weighted by Gasteiger charge is -2.36. The number of benzene rings is 2. The summed E-state index contributed by atoms with van der Waals surface area (Å²) in [6.07, 6.45) is 0.403. The van der Waals surface area contributed by atoms with E-state index in [4.69, 9.17) is 9.84 Å². The largest absolute Gasteiger partial charge is 0.486 e. The number of ether oxygens (including phenoxy) is 1. The van der Waals surface area contributed by atoms with E-state index >= 15 is 0 Å². The molecule has 0 amide bonds. The van der Waals surface area contributed by atoms with Crippen molar-refractivity contribution >= 4 is 21.7 Å². The molecule has 3 aromatic rings. The number of fused-ring (bicyclic) bond motifs is 1. The van der Waals surface area contributed by atoms with E-state index in [9.17, 15) is 13.2 Å². The maximum absolute atomic E-state index is 13.7. The smallest absolute Gasteiger partial charge is 0.303 e. The molecule has 0 bridgehead atoms. The van der Waals surface area contributed by atoms with Gasteiger partial charge in [-0.2, -0.15) is 0 Å². The maximum atomic E-state index is 13.7. The summed E-state index contributed by atoms with van der Waals surface area (Å²) < 4.78 is 34.9. The normalized spacial score (nSPS) is 15.6. The number of hydrogen-bond donors (Lipinski definition) is 1. The van der Waals surface area contributed by atoms with Gasteiger partial charge in [0.1, 0.15) is 11.9 Å². The van der Waals surface area contributed by atoms with Crippen LogP contribution in [0.1, 0.15) is 30.5 Å². The average molecular weight is 467 g/mol. The molecule has 7 nitrogen and oxygen atoms in total. The molecule has 0 aliphatic carbocycles. The van der Waals surface area contributed by atoms with Gasteiger partial charge in [-0.25, -0.2) is 8.42 Å². The summed E-state index contributed by atoms with van der Waals surface area (Å²) in [5.74, 6) is -0.431. The zero-order chi connectivity index (χ0) is 23.6. The Morgan fingerprint density at radius 3 is 2.64 bits per heavy atom. The van der Waals surface area contributed by atoms with E-state index in [1.165, 1.54) is 4.31 Å². The summed E-state index contributed by atoms with van der Waals surface area (Å²) in [4.78, 5) is 15.7. The van der Waals surface area contributed by atoms with Crippen LogP contribution in [0.5, 0.6) is 5.75 Å². The van der Waals surface area contributed by atoms with Crippen LogP contribution in [0.25, 0.3) is 11.3 Å². The summed E-state index contributed by atoms with van der Waals surface area (Å²) in [6, 6.07) is 17.9. The number of pyridine rings is 1. The van der Waals surface area contributed by atoms with Crippen molar-refractivity contribution in [1.82, 2.24) is 4.98 Å². The van der Waals surface area contributed by atoms with Crippen molar-refractivity contribution in [2.24, 2.45) is 0 Å². The standard InChI is InChI=1S/C25H26N2O5S/c1-17-6-3-9-21(14-17)33(30,31)27-16-20(8-5-11-25(28)29)32-24-13-12-19(15-23(24)27)22-10-4-7-18(2)26-22/h3-4,6-7,9-10,12-15,20H,5,8,11,16H2,1-2H3,(H,28,29)/t20-/m0/s1. The fraction of sp³-hybridized carbons (Fsp3) is 0.280. The molecular formula is C25H26N2O5S. The number of anilines is 1. The van der Waals surface area contributed by atoms with Crippen molar-refractivity contribution in [3.63, 3.8) is 0 Å². The first-order valence-corrected chi connectivity index (χ1v) is 12.2. The number of nitrogens with zero attached hydrogens (tertiary/aromatic N) is 2. The van der Waals surface area contributed by atoms with E-state index in [0.29, 0.717) is 24.3 Å². The number of aliphatic carboxylic acids is 1. The fourth-order valence-electron chi connectivity index (χ4n) is 3.94. The van der Waals surface area contributed by atoms with E-state index in [1.54, 1.807) is 30.3 Å². The summed E-state index contributed by atoms with van der Waals surface area (Å²) >= 11 is 0. The molecule has 8 heteroatoms. The van der Waals surface area contributed by atoms with Gasteiger partial charge in [0.05, 0.1) is 22.8 Å². The van der Waals surface area contributed by atoms with Crippen LogP contribution in [-0.4, -0.2) is 37.1 Å². The van der Waals surface area contributed by atoms with Crippen LogP contribution in [0.3, 0.4) is 0 Å². The summed E-state index contributed by atoms with van der Waals surface area (Å²) in [7, 11) is -3.86. The molecule has 1 N–H and O–H groups in total. The number of carbonyl (C=O) groups is 1. The van der Waals surface area contributed by atoms with Gasteiger partial charge in [0.2, 0.25) is 0 Å². The van der Waals surface area contributed by atoms with Crippen LogP contribution in [0.2, 0.25) is 0 Å². The summed E-state index contributed by atoms with van der Waals surface area (Å²) in [5.41, 5.74) is 3.69. The number of carboxylic acids is 1. The van der Waals surface area contributed by atoms with Gasteiger partial charge in [0.25, 0.3) is 10.0 Å². The van der Waals surface area contributed by atoms with Crippen molar-refractivity contribution in [3.05, 3.63) is 71.9 Å². The predicted octanol–water partition coefficient (Wildman–Crippen LogP) is 4.58. The molecule has 1 aliphatic rings. The van der Waals surface area contributed by atoms with E-state index in [-0.39, 0.29) is 17.9 Å². The highest BCUT2D eigenvalue weighted by Gasteiger charge is 2.35. The maximum Gasteiger partial charge on any atom is 0.303 e. The Bertz CT molecular complexity index is 1290. The van der Waals surface area contributed by atoms with Gasteiger partial charge in [-0.1, -0.05) is 18.2 Å². The third-order valence-corrected chi connectivity index (χ3v) is 7.34. The molecule has 1 aliphatic heterocycles. The third kappa shape index (κ3) is 5.01. The number of sulfonamides is 1. The Kier molecular flexibility index (Phi) is 6.37. The van der Waals surface area contributed by atoms with E-state index in [2.05, 4.69) is 4.98 Å². The molecule has 0 radical (unpaired) electrons. The topological polar surface area (TPSA) is 96.8 Å². The van der Waals surface area contributed by atoms with E-state index in [1.807, 2.05) is 44.2 Å². The summed E-state index contributed by atoms with van der Waals surface area (Å²) in [5, 5.41) is 8.96. The van der Waals surface area contributed by atoms with Crippen LogP contribution in [0, 0.1) is 13.8 Å². The molecule has 4 rings (SSSR count). The zero-order valence-electron chi connectivity index (χ0n) is 18.6. The number of carboxylic acid groups (broad SMARTS) is 1. The minimum atomic E-state index is -3.86. The number of hydrogen-bond acceptors (Lipinski definition) is 5. The Hall–Kier alpha value is -3.39. The second-order valence-electron chi connectivity index (χ2n) is 8.23. The number of aromatic nitrogens is 1. The van der Waals surface area contributed by atoms with Gasteiger partial charge >= 0.3 is 5.97 Å². The van der Waals surface area contributed by atoms with Gasteiger partial charge in [0, 0.05) is 17.7 Å². The molecule has 0 saturated heterocycles. The van der Waals surface area contributed by atoms with Crippen molar-refractivity contribution in [2.75, 3.05) is 10.8 Å². The number of rotatable bonds is 7. The first-order chi connectivity index (χ1) is 15.7. The van der Waals surface area contributed by atoms with Crippen LogP contribution < -0.4 is 9.04 Å². The first-order valence-electron chi connectivity index (χ1n) is 10.8. The molecule has 2 heterocycles. The SMILES string of the molecule is Cc1cccc(S(=O)(=O)N2C[C@H](CCCC(=O)O)Oc3ccc(-c4cccc(C)n4)cc32)c1. The average Bonchev–Trinajstić information content (AvgIpc) is 2.78. The number of aryl methyl sites for hydroxylation is 2. The van der Waals surface area contributed by atoms with Gasteiger partial charge in [0.15, 0.2) is 0 Å². The van der Waals surface area contributed by atoms with Crippen LogP contribution in [0.4, 0.5) is 5.69 Å². The summed E-state index contributed by atoms with van der Waals surface area (Å²) in [6.45, 7) is 3.86. The van der Waals surface area contributed by atoms with Gasteiger partial charge < -0.3 is 9.84 Å². The van der Waals surface area contributed by atoms with Crippen molar-refractivity contribution in [3.8, 4) is 17.0 Å². The van der Waals surface area contributed by atoms with E-state index in [0.717, 1.165) is 22.5 Å². The Morgan fingerprint density at radius 1 is 1.12 bits per heavy atom. The highest BCUT2D eigenvalue weighted by atomic mass is 32.2. The molecule has 0 spiro atoms. The van der Waals surface area contributed by atoms with Gasteiger partial charge in [-0.3, -0.25) is 14.1 Å². The Balaban J connectivity index is 1.76. The minimum absolute atomic E-state index is 0.00924. The predicted molar refractivity (Wildman–Crippen MR) is 126 cm³/mol. The molecule has 2 aromatic carbocycles. The lowest BCUT2D eigenvalue weighted by Crippen LogP contribution is -2.43. The quantitative estimate of drug-likeness (QED) is 0.548. The fourth-order valence-corrected chi connectivity index (χ4v) is 5.54. The lowest BCUT2D eigenvalue weighted by molar-refractivity contribution is -0.137. The van der Waals surface area contributed by atoms with Crippen LogP contribution in [-0.2, 0) is 14.8 Å². The third-order valence-electron chi connectivity index (χ3n) is 5.57. The van der Waals surface area contributed by atoms with Crippen molar-refractivity contribution in [2.45, 2.75) is 44.1 Å². The Morgan fingerprint density at radius 2 is 1.91 bits per heavy atom. The highest BCUT2D eigenvalue weighted by Crippen LogP contribution is 2.40. The van der Waals surface area contributed by atoms with Gasteiger partial charge in [-0.05, 0) is 74.7 Å². The second kappa shape index (κ2) is 9.23. The minimum Gasteiger partial charge on any atom is -0.486 e. The monoisotopic (exact) mass is 466 g/mol. The molecular weight excluding hydrogens is 440 g/mol. The molecule has 33 heavy (non-hydrogen) atoms. The highest BCUT2D eigenvalue weighted by molar-refractivity contribution is 7.92. The van der Waals surface area contributed by atoms with Gasteiger partial charge in [-0.15, -0.1) is 0 Å².